The molecule has 1 aromatic rings. The van der Waals surface area contributed by atoms with E-state index in [0.29, 0.717) is 6.42 Å². The molecule has 0 aliphatic carbocycles. The first-order valence-corrected chi connectivity index (χ1v) is 7.18. The molecule has 22 heavy (non-hydrogen) atoms. The van der Waals surface area contributed by atoms with Crippen molar-refractivity contribution in [2.75, 3.05) is 7.11 Å². The van der Waals surface area contributed by atoms with Crippen LogP contribution in [0.25, 0.3) is 0 Å². The minimum atomic E-state index is -0.584. The third kappa shape index (κ3) is 5.99. The third-order valence-electron chi connectivity index (χ3n) is 3.08. The summed E-state index contributed by atoms with van der Waals surface area (Å²) in [7, 11) is 1.29. The van der Waals surface area contributed by atoms with Crippen molar-refractivity contribution >= 4 is 12.1 Å². The van der Waals surface area contributed by atoms with Crippen molar-refractivity contribution in [1.82, 2.24) is 5.32 Å². The summed E-state index contributed by atoms with van der Waals surface area (Å²) < 4.78 is 9.82. The first-order chi connectivity index (χ1) is 10.4. The van der Waals surface area contributed by atoms with Gasteiger partial charge in [-0.1, -0.05) is 50.8 Å². The van der Waals surface area contributed by atoms with Crippen molar-refractivity contribution in [3.8, 4) is 0 Å². The van der Waals surface area contributed by atoms with Crippen molar-refractivity contribution in [1.29, 1.82) is 0 Å². The molecule has 0 aliphatic rings. The first kappa shape index (κ1) is 17.8. The molecule has 0 aromatic heterocycles. The molecule has 1 amide bonds. The van der Waals surface area contributed by atoms with E-state index in [1.165, 1.54) is 7.11 Å². The maximum atomic E-state index is 11.9. The van der Waals surface area contributed by atoms with E-state index in [0.717, 1.165) is 5.56 Å². The van der Waals surface area contributed by atoms with Crippen LogP contribution in [-0.4, -0.2) is 25.2 Å². The fraction of sp³-hybridized carbons (Fsp3) is 0.412. The summed E-state index contributed by atoms with van der Waals surface area (Å²) in [4.78, 5) is 23.5. The summed E-state index contributed by atoms with van der Waals surface area (Å²) in [6, 6.07) is 8.87. The number of alkyl carbamates (subject to hydrolysis) is 1. The van der Waals surface area contributed by atoms with Crippen LogP contribution in [0.1, 0.15) is 25.8 Å². The van der Waals surface area contributed by atoms with Crippen molar-refractivity contribution in [3.63, 3.8) is 0 Å². The smallest absolute Gasteiger partial charge is 0.407 e. The number of rotatable bonds is 7. The fourth-order valence-electron chi connectivity index (χ4n) is 1.94. The van der Waals surface area contributed by atoms with E-state index >= 15 is 0 Å². The number of esters is 1. The lowest BCUT2D eigenvalue weighted by molar-refractivity contribution is -0.136. The third-order valence-corrected chi connectivity index (χ3v) is 3.08. The predicted molar refractivity (Wildman–Crippen MR) is 84.2 cm³/mol. The van der Waals surface area contributed by atoms with Crippen LogP contribution in [0, 0.1) is 5.92 Å². The van der Waals surface area contributed by atoms with Crippen molar-refractivity contribution in [2.24, 2.45) is 5.92 Å². The van der Waals surface area contributed by atoms with Crippen molar-refractivity contribution in [3.05, 3.63) is 48.0 Å². The molecule has 0 radical (unpaired) electrons. The molecular weight excluding hydrogens is 282 g/mol. The molecule has 0 saturated heterocycles. The Labute approximate surface area is 131 Å². The van der Waals surface area contributed by atoms with Gasteiger partial charge in [-0.3, -0.25) is 0 Å². The molecular formula is C17H23NO4. The monoisotopic (exact) mass is 305 g/mol. The number of methoxy groups -OCH3 is 1. The Morgan fingerprint density at radius 3 is 2.41 bits per heavy atom. The maximum Gasteiger partial charge on any atom is 0.407 e. The van der Waals surface area contributed by atoms with Crippen LogP contribution in [0.2, 0.25) is 0 Å². The SMILES string of the molecule is C=C(C(=O)OC)[C@H](CC(C)C)NC(=O)OCc1ccccc1. The Hall–Kier alpha value is -2.30. The van der Waals surface area contributed by atoms with Crippen LogP contribution in [0.3, 0.4) is 0 Å². The van der Waals surface area contributed by atoms with Gasteiger partial charge in [-0.15, -0.1) is 0 Å². The molecule has 0 bridgehead atoms. The van der Waals surface area contributed by atoms with Crippen molar-refractivity contribution < 1.29 is 19.1 Å². The first-order valence-electron chi connectivity index (χ1n) is 7.18. The van der Waals surface area contributed by atoms with Crippen molar-refractivity contribution in [2.45, 2.75) is 32.9 Å². The maximum absolute atomic E-state index is 11.9. The van der Waals surface area contributed by atoms with E-state index in [-0.39, 0.29) is 18.1 Å². The highest BCUT2D eigenvalue weighted by Crippen LogP contribution is 2.13. The van der Waals surface area contributed by atoms with Gasteiger partial charge in [0, 0.05) is 0 Å². The van der Waals surface area contributed by atoms with Gasteiger partial charge in [0.2, 0.25) is 0 Å². The zero-order valence-electron chi connectivity index (χ0n) is 13.3. The molecule has 120 valence electrons. The number of amides is 1. The fourth-order valence-corrected chi connectivity index (χ4v) is 1.94. The number of ether oxygens (including phenoxy) is 2. The van der Waals surface area contributed by atoms with E-state index in [1.54, 1.807) is 0 Å². The Bertz CT molecular complexity index is 511. The molecule has 1 aromatic carbocycles. The molecule has 0 heterocycles. The molecule has 1 rings (SSSR count). The van der Waals surface area contributed by atoms with Gasteiger partial charge in [0.05, 0.1) is 18.7 Å². The van der Waals surface area contributed by atoms with Crippen LogP contribution in [-0.2, 0) is 20.9 Å². The zero-order chi connectivity index (χ0) is 16.5. The van der Waals surface area contributed by atoms with Crippen LogP contribution in [0.15, 0.2) is 42.5 Å². The van der Waals surface area contributed by atoms with E-state index in [2.05, 4.69) is 16.6 Å². The zero-order valence-corrected chi connectivity index (χ0v) is 13.3. The van der Waals surface area contributed by atoms with E-state index < -0.39 is 18.1 Å². The Morgan fingerprint density at radius 2 is 1.86 bits per heavy atom. The van der Waals surface area contributed by atoms with Gasteiger partial charge in [0.25, 0.3) is 0 Å². The standard InChI is InChI=1S/C17H23NO4/c1-12(2)10-15(13(3)16(19)21-4)18-17(20)22-11-14-8-6-5-7-9-14/h5-9,12,15H,3,10-11H2,1-2,4H3,(H,18,20)/t15-/m0/s1. The second-order valence-electron chi connectivity index (χ2n) is 5.41. The molecule has 1 atom stereocenters. The van der Waals surface area contributed by atoms with Gasteiger partial charge in [-0.2, -0.15) is 0 Å². The van der Waals surface area contributed by atoms with Crippen LogP contribution < -0.4 is 5.32 Å². The van der Waals surface area contributed by atoms with Gasteiger partial charge >= 0.3 is 12.1 Å². The molecule has 0 spiro atoms. The minimum absolute atomic E-state index is 0.172. The Morgan fingerprint density at radius 1 is 1.23 bits per heavy atom. The number of carbonyl (C=O) groups excluding carboxylic acids is 2. The highest BCUT2D eigenvalue weighted by atomic mass is 16.5. The average Bonchev–Trinajstić information content (AvgIpc) is 2.51. The molecule has 0 fully saturated rings. The summed E-state index contributed by atoms with van der Waals surface area (Å²) in [6.07, 6.45) is -0.00600. The van der Waals surface area contributed by atoms with Gasteiger partial charge in [-0.25, -0.2) is 9.59 Å². The lowest BCUT2D eigenvalue weighted by atomic mass is 9.98. The molecule has 0 saturated carbocycles. The number of hydrogen-bond donors (Lipinski definition) is 1. The highest BCUT2D eigenvalue weighted by Gasteiger charge is 2.23. The van der Waals surface area contributed by atoms with Crippen LogP contribution in [0.4, 0.5) is 4.79 Å². The summed E-state index contributed by atoms with van der Waals surface area (Å²) in [5.74, 6) is -0.255. The van der Waals surface area contributed by atoms with Crippen LogP contribution in [0.5, 0.6) is 0 Å². The minimum Gasteiger partial charge on any atom is -0.466 e. The summed E-state index contributed by atoms with van der Waals surface area (Å²) in [6.45, 7) is 7.87. The normalized spacial score (nSPS) is 11.6. The average molecular weight is 305 g/mol. The molecule has 5 heteroatoms. The van der Waals surface area contributed by atoms with Gasteiger partial charge in [0.15, 0.2) is 0 Å². The van der Waals surface area contributed by atoms with E-state index in [1.807, 2.05) is 44.2 Å². The molecule has 0 unspecified atom stereocenters. The predicted octanol–water partition coefficient (Wildman–Crippen LogP) is 3.06. The Balaban J connectivity index is 2.58. The van der Waals surface area contributed by atoms with Gasteiger partial charge in [-0.05, 0) is 17.9 Å². The number of hydrogen-bond acceptors (Lipinski definition) is 4. The summed E-state index contributed by atoms with van der Waals surface area (Å²) in [5.41, 5.74) is 1.11. The molecule has 5 nitrogen and oxygen atoms in total. The topological polar surface area (TPSA) is 64.6 Å². The summed E-state index contributed by atoms with van der Waals surface area (Å²) >= 11 is 0. The number of benzene rings is 1. The Kier molecular flexibility index (Phi) is 7.16. The van der Waals surface area contributed by atoms with Gasteiger partial charge < -0.3 is 14.8 Å². The second kappa shape index (κ2) is 8.87. The van der Waals surface area contributed by atoms with Gasteiger partial charge in [0.1, 0.15) is 6.61 Å². The lowest BCUT2D eigenvalue weighted by Gasteiger charge is -2.21. The summed E-state index contributed by atoms with van der Waals surface area (Å²) in [5, 5.41) is 2.67. The molecule has 1 N–H and O–H groups in total. The number of carbonyl (C=O) groups is 2. The largest absolute Gasteiger partial charge is 0.466 e. The second-order valence-corrected chi connectivity index (χ2v) is 5.41. The lowest BCUT2D eigenvalue weighted by Crippen LogP contribution is -2.39. The quantitative estimate of drug-likeness (QED) is 0.621. The highest BCUT2D eigenvalue weighted by molar-refractivity contribution is 5.89. The van der Waals surface area contributed by atoms with Crippen LogP contribution >= 0.6 is 0 Å². The van der Waals surface area contributed by atoms with E-state index in [9.17, 15) is 9.59 Å². The van der Waals surface area contributed by atoms with E-state index in [4.69, 9.17) is 4.74 Å². The number of nitrogens with one attached hydrogen (secondary N) is 1. The molecule has 0 aliphatic heterocycles.